The number of nitrogens with zero attached hydrogens (tertiary/aromatic N) is 2. The van der Waals surface area contributed by atoms with Gasteiger partial charge in [0.15, 0.2) is 6.29 Å². The van der Waals surface area contributed by atoms with Gasteiger partial charge in [0.2, 0.25) is 0 Å². The molecule has 0 bridgehead atoms. The van der Waals surface area contributed by atoms with Crippen LogP contribution in [0.1, 0.15) is 31.1 Å². The molecular formula is C15H21N5O3. The Balaban J connectivity index is 1.50. The predicted molar refractivity (Wildman–Crippen MR) is 83.8 cm³/mol. The number of amides is 2. The topological polar surface area (TPSA) is 95.6 Å². The van der Waals surface area contributed by atoms with Crippen molar-refractivity contribution in [3.05, 3.63) is 23.9 Å². The van der Waals surface area contributed by atoms with Crippen molar-refractivity contribution in [1.82, 2.24) is 20.5 Å². The van der Waals surface area contributed by atoms with Gasteiger partial charge < -0.3 is 20.3 Å². The third-order valence-corrected chi connectivity index (χ3v) is 3.54. The number of fused-ring (bicyclic) bond motifs is 1. The number of hydrogen-bond acceptors (Lipinski definition) is 6. The monoisotopic (exact) mass is 319 g/mol. The summed E-state index contributed by atoms with van der Waals surface area (Å²) in [5.41, 5.74) is 0.0266. The summed E-state index contributed by atoms with van der Waals surface area (Å²) in [6.45, 7) is 6.60. The second-order valence-electron chi connectivity index (χ2n) is 6.70. The van der Waals surface area contributed by atoms with Crippen LogP contribution in [0.25, 0.3) is 0 Å². The van der Waals surface area contributed by atoms with E-state index < -0.39 is 11.9 Å². The Hall–Kier alpha value is -2.35. The lowest BCUT2D eigenvalue weighted by atomic mass is 10.1. The van der Waals surface area contributed by atoms with Crippen LogP contribution in [0.5, 0.6) is 0 Å². The highest BCUT2D eigenvalue weighted by Crippen LogP contribution is 2.18. The number of pyridine rings is 1. The van der Waals surface area contributed by atoms with Crippen LogP contribution in [0.3, 0.4) is 0 Å². The maximum atomic E-state index is 12.0. The third-order valence-electron chi connectivity index (χ3n) is 3.54. The Morgan fingerprint density at radius 1 is 1.39 bits per heavy atom. The van der Waals surface area contributed by atoms with Crippen LogP contribution >= 0.6 is 0 Å². The molecule has 2 aliphatic heterocycles. The van der Waals surface area contributed by atoms with Crippen LogP contribution in [0.2, 0.25) is 0 Å². The quantitative estimate of drug-likeness (QED) is 0.744. The summed E-state index contributed by atoms with van der Waals surface area (Å²) >= 11 is 0. The lowest BCUT2D eigenvalue weighted by Gasteiger charge is -2.42. The zero-order chi connectivity index (χ0) is 16.6. The molecule has 1 saturated heterocycles. The van der Waals surface area contributed by atoms with Crippen molar-refractivity contribution in [2.24, 2.45) is 0 Å². The van der Waals surface area contributed by atoms with Crippen molar-refractivity contribution in [3.8, 4) is 0 Å². The van der Waals surface area contributed by atoms with E-state index in [2.05, 4.69) is 20.9 Å². The molecule has 8 nitrogen and oxygen atoms in total. The normalized spacial score (nSPS) is 20.9. The number of hydrogen-bond donors (Lipinski definition) is 3. The van der Waals surface area contributed by atoms with Gasteiger partial charge in [-0.05, 0) is 32.9 Å². The number of carbonyl (C=O) groups is 2. The molecule has 3 N–H and O–H groups in total. The van der Waals surface area contributed by atoms with Crippen molar-refractivity contribution >= 4 is 17.8 Å². The van der Waals surface area contributed by atoms with Gasteiger partial charge in [-0.15, -0.1) is 0 Å². The second-order valence-corrected chi connectivity index (χ2v) is 6.70. The molecular weight excluding hydrogens is 298 g/mol. The summed E-state index contributed by atoms with van der Waals surface area (Å²) in [6.07, 6.45) is 0.911. The first kappa shape index (κ1) is 15.5. The molecule has 0 radical (unpaired) electrons. The molecule has 2 aliphatic rings. The Labute approximate surface area is 134 Å². The fraction of sp³-hybridized carbons (Fsp3) is 0.533. The number of nitrogens with one attached hydrogen (secondary N) is 3. The van der Waals surface area contributed by atoms with Gasteiger partial charge in [0.25, 0.3) is 5.91 Å². The number of aromatic nitrogens is 1. The van der Waals surface area contributed by atoms with Crippen LogP contribution in [0, 0.1) is 0 Å². The van der Waals surface area contributed by atoms with Crippen molar-refractivity contribution < 1.29 is 14.3 Å². The van der Waals surface area contributed by atoms with E-state index in [4.69, 9.17) is 4.74 Å². The summed E-state index contributed by atoms with van der Waals surface area (Å²) in [5, 5.41) is 9.18. The first-order valence-electron chi connectivity index (χ1n) is 7.58. The summed E-state index contributed by atoms with van der Waals surface area (Å²) in [5.74, 6) is 0.379. The predicted octanol–water partition coefficient (Wildman–Crippen LogP) is 0.729. The van der Waals surface area contributed by atoms with E-state index >= 15 is 0 Å². The first-order valence-corrected chi connectivity index (χ1v) is 7.58. The molecule has 1 unspecified atom stereocenters. The van der Waals surface area contributed by atoms with Crippen LogP contribution in [-0.4, -0.2) is 52.9 Å². The lowest BCUT2D eigenvalue weighted by Crippen LogP contribution is -2.66. The van der Waals surface area contributed by atoms with E-state index in [1.54, 1.807) is 23.2 Å². The summed E-state index contributed by atoms with van der Waals surface area (Å²) in [7, 11) is 0. The highest BCUT2D eigenvalue weighted by molar-refractivity contribution is 6.00. The molecule has 0 spiro atoms. The highest BCUT2D eigenvalue weighted by Gasteiger charge is 2.36. The van der Waals surface area contributed by atoms with E-state index in [0.717, 1.165) is 0 Å². The SMILES string of the molecule is CC(C)(C)OC(=O)N1CC(NC2NC(=O)c3cccnc3N2)C1. The second kappa shape index (κ2) is 5.69. The van der Waals surface area contributed by atoms with Crippen LogP contribution < -0.4 is 16.0 Å². The molecule has 3 heterocycles. The van der Waals surface area contributed by atoms with Crippen LogP contribution in [0.15, 0.2) is 18.3 Å². The fourth-order valence-corrected chi connectivity index (χ4v) is 2.46. The maximum absolute atomic E-state index is 12.0. The number of carbonyl (C=O) groups excluding carboxylic acids is 2. The van der Waals surface area contributed by atoms with Crippen LogP contribution in [-0.2, 0) is 4.74 Å². The molecule has 1 atom stereocenters. The lowest BCUT2D eigenvalue weighted by molar-refractivity contribution is 0.00395. The van der Waals surface area contributed by atoms with Gasteiger partial charge in [-0.2, -0.15) is 0 Å². The zero-order valence-electron chi connectivity index (χ0n) is 13.4. The Morgan fingerprint density at radius 3 is 2.83 bits per heavy atom. The average molecular weight is 319 g/mol. The van der Waals surface area contributed by atoms with Crippen molar-refractivity contribution in [1.29, 1.82) is 0 Å². The van der Waals surface area contributed by atoms with Gasteiger partial charge in [-0.3, -0.25) is 10.1 Å². The Morgan fingerprint density at radius 2 is 2.13 bits per heavy atom. The molecule has 3 rings (SSSR count). The fourth-order valence-electron chi connectivity index (χ4n) is 2.46. The first-order chi connectivity index (χ1) is 10.8. The molecule has 1 aromatic rings. The van der Waals surface area contributed by atoms with E-state index in [1.807, 2.05) is 20.8 Å². The molecule has 1 aromatic heterocycles. The third kappa shape index (κ3) is 3.53. The average Bonchev–Trinajstić information content (AvgIpc) is 2.40. The van der Waals surface area contributed by atoms with Crippen molar-refractivity contribution in [2.45, 2.75) is 38.7 Å². The zero-order valence-corrected chi connectivity index (χ0v) is 13.4. The van der Waals surface area contributed by atoms with Gasteiger partial charge in [-0.25, -0.2) is 9.78 Å². The molecule has 0 saturated carbocycles. The van der Waals surface area contributed by atoms with Gasteiger partial charge in [-0.1, -0.05) is 0 Å². The highest BCUT2D eigenvalue weighted by atomic mass is 16.6. The number of rotatable bonds is 2. The largest absolute Gasteiger partial charge is 0.444 e. The molecule has 23 heavy (non-hydrogen) atoms. The van der Waals surface area contributed by atoms with Gasteiger partial charge in [0.1, 0.15) is 11.4 Å². The van der Waals surface area contributed by atoms with Gasteiger partial charge >= 0.3 is 6.09 Å². The minimum atomic E-state index is -0.496. The number of anilines is 1. The maximum Gasteiger partial charge on any atom is 0.410 e. The van der Waals surface area contributed by atoms with E-state index in [0.29, 0.717) is 24.5 Å². The Bertz CT molecular complexity index is 622. The Kier molecular flexibility index (Phi) is 3.85. The van der Waals surface area contributed by atoms with Crippen molar-refractivity contribution in [3.63, 3.8) is 0 Å². The van der Waals surface area contributed by atoms with Crippen LogP contribution in [0.4, 0.5) is 10.6 Å². The molecule has 2 amide bonds. The minimum Gasteiger partial charge on any atom is -0.444 e. The van der Waals surface area contributed by atoms with Gasteiger partial charge in [0, 0.05) is 25.3 Å². The molecule has 0 aliphatic carbocycles. The summed E-state index contributed by atoms with van der Waals surface area (Å²) < 4.78 is 5.31. The molecule has 1 fully saturated rings. The van der Waals surface area contributed by atoms with E-state index in [-0.39, 0.29) is 18.0 Å². The standard InChI is InChI=1S/C15H21N5O3/c1-15(2,3)23-14(22)20-7-9(8-20)17-13-18-11-10(12(21)19-13)5-4-6-16-11/h4-6,9,13,17H,7-8H2,1-3H3,(H,16,18)(H,19,21). The molecule has 0 aromatic carbocycles. The van der Waals surface area contributed by atoms with E-state index in [9.17, 15) is 9.59 Å². The van der Waals surface area contributed by atoms with Gasteiger partial charge in [0.05, 0.1) is 5.56 Å². The summed E-state index contributed by atoms with van der Waals surface area (Å²) in [4.78, 5) is 29.7. The number of likely N-dealkylation sites (tertiary alicyclic amines) is 1. The number of ether oxygens (including phenoxy) is 1. The minimum absolute atomic E-state index is 0.0885. The van der Waals surface area contributed by atoms with Crippen molar-refractivity contribution in [2.75, 3.05) is 18.4 Å². The molecule has 124 valence electrons. The van der Waals surface area contributed by atoms with E-state index in [1.165, 1.54) is 0 Å². The summed E-state index contributed by atoms with van der Waals surface area (Å²) in [6, 6.07) is 3.53. The smallest absolute Gasteiger partial charge is 0.410 e. The molecule has 8 heteroatoms.